The summed E-state index contributed by atoms with van der Waals surface area (Å²) in [6.07, 6.45) is 5.74. The summed E-state index contributed by atoms with van der Waals surface area (Å²) in [7, 11) is 0. The Morgan fingerprint density at radius 1 is 1.29 bits per heavy atom. The van der Waals surface area contributed by atoms with Gasteiger partial charge in [-0.2, -0.15) is 15.1 Å². The van der Waals surface area contributed by atoms with E-state index in [0.717, 1.165) is 41.9 Å². The highest BCUT2D eigenvalue weighted by molar-refractivity contribution is 5.91. The Hall–Kier alpha value is -2.44. The van der Waals surface area contributed by atoms with Crippen molar-refractivity contribution in [3.63, 3.8) is 0 Å². The van der Waals surface area contributed by atoms with Gasteiger partial charge < -0.3 is 10.6 Å². The van der Waals surface area contributed by atoms with Crippen LogP contribution in [0.15, 0.2) is 23.6 Å². The van der Waals surface area contributed by atoms with Crippen LogP contribution >= 0.6 is 0 Å². The molecule has 1 aliphatic heterocycles. The number of allylic oxidation sites excluding steroid dienone is 2. The van der Waals surface area contributed by atoms with Gasteiger partial charge in [0.2, 0.25) is 5.95 Å². The third-order valence-electron chi connectivity index (χ3n) is 3.74. The number of hydrogen-bond acceptors (Lipinski definition) is 5. The largest absolute Gasteiger partial charge is 0.369 e. The standard InChI is InChI=1S/C14H15FN6/c15-9-3-1-2-8(6-9)7-17-14-18-12-11-10(4-5-16-12)20-21-13(11)19-14/h2,6H,1,3-5,7H2,(H3,16,17,18,19,20,21). The van der Waals surface area contributed by atoms with Crippen LogP contribution in [0.2, 0.25) is 0 Å². The number of aromatic amines is 1. The SMILES string of the molecule is FC1=CC(CNc2nc3c4c([nH]nc4n2)CCN3)=CCC1. The molecule has 0 saturated carbocycles. The van der Waals surface area contributed by atoms with Gasteiger partial charge in [-0.1, -0.05) is 6.08 Å². The first-order valence-corrected chi connectivity index (χ1v) is 7.07. The summed E-state index contributed by atoms with van der Waals surface area (Å²) in [6.45, 7) is 1.34. The number of halogens is 1. The van der Waals surface area contributed by atoms with Crippen molar-refractivity contribution in [2.45, 2.75) is 19.3 Å². The topological polar surface area (TPSA) is 78.5 Å². The number of anilines is 2. The molecule has 21 heavy (non-hydrogen) atoms. The zero-order chi connectivity index (χ0) is 14.2. The average Bonchev–Trinajstić information content (AvgIpc) is 2.90. The maximum Gasteiger partial charge on any atom is 0.227 e. The monoisotopic (exact) mass is 286 g/mol. The molecule has 2 aliphatic rings. The number of rotatable bonds is 3. The van der Waals surface area contributed by atoms with Crippen LogP contribution in [0.3, 0.4) is 0 Å². The molecule has 0 unspecified atom stereocenters. The number of aromatic nitrogens is 4. The van der Waals surface area contributed by atoms with Gasteiger partial charge in [0.15, 0.2) is 5.65 Å². The van der Waals surface area contributed by atoms with Crippen LogP contribution in [0.1, 0.15) is 18.5 Å². The van der Waals surface area contributed by atoms with Gasteiger partial charge in [0.25, 0.3) is 0 Å². The van der Waals surface area contributed by atoms with Crippen LogP contribution in [0.4, 0.5) is 16.2 Å². The molecule has 0 radical (unpaired) electrons. The van der Waals surface area contributed by atoms with E-state index in [9.17, 15) is 4.39 Å². The van der Waals surface area contributed by atoms with Crippen LogP contribution in [0.25, 0.3) is 11.0 Å². The second kappa shape index (κ2) is 4.83. The Balaban J connectivity index is 1.59. The van der Waals surface area contributed by atoms with Gasteiger partial charge in [-0.25, -0.2) is 4.39 Å². The molecule has 2 aromatic rings. The van der Waals surface area contributed by atoms with Gasteiger partial charge >= 0.3 is 0 Å². The van der Waals surface area contributed by atoms with Crippen molar-refractivity contribution < 1.29 is 4.39 Å². The first-order chi connectivity index (χ1) is 10.3. The van der Waals surface area contributed by atoms with Gasteiger partial charge in [-0.15, -0.1) is 0 Å². The van der Waals surface area contributed by atoms with Crippen molar-refractivity contribution in [2.75, 3.05) is 23.7 Å². The van der Waals surface area contributed by atoms with Crippen LogP contribution in [0, 0.1) is 0 Å². The van der Waals surface area contributed by atoms with E-state index in [4.69, 9.17) is 0 Å². The number of nitrogens with one attached hydrogen (secondary N) is 3. The maximum atomic E-state index is 13.2. The molecule has 4 rings (SSSR count). The molecule has 1 aliphatic carbocycles. The van der Waals surface area contributed by atoms with Crippen LogP contribution in [-0.2, 0) is 6.42 Å². The van der Waals surface area contributed by atoms with E-state index < -0.39 is 0 Å². The highest BCUT2D eigenvalue weighted by Gasteiger charge is 2.18. The molecule has 3 N–H and O–H groups in total. The van der Waals surface area contributed by atoms with Crippen molar-refractivity contribution in [3.05, 3.63) is 29.2 Å². The second-order valence-electron chi connectivity index (χ2n) is 5.24. The van der Waals surface area contributed by atoms with Crippen LogP contribution in [-0.4, -0.2) is 33.3 Å². The van der Waals surface area contributed by atoms with Crippen molar-refractivity contribution in [2.24, 2.45) is 0 Å². The predicted molar refractivity (Wildman–Crippen MR) is 78.9 cm³/mol. The zero-order valence-corrected chi connectivity index (χ0v) is 11.4. The molecule has 0 bridgehead atoms. The minimum atomic E-state index is -0.0700. The minimum Gasteiger partial charge on any atom is -0.369 e. The first-order valence-electron chi connectivity index (χ1n) is 7.07. The highest BCUT2D eigenvalue weighted by Crippen LogP contribution is 2.27. The molecule has 2 aromatic heterocycles. The van der Waals surface area contributed by atoms with Crippen LogP contribution in [0.5, 0.6) is 0 Å². The summed E-state index contributed by atoms with van der Waals surface area (Å²) >= 11 is 0. The van der Waals surface area contributed by atoms with Gasteiger partial charge in [0.1, 0.15) is 11.6 Å². The lowest BCUT2D eigenvalue weighted by atomic mass is 10.1. The third-order valence-corrected chi connectivity index (χ3v) is 3.74. The Labute approximate surface area is 120 Å². The number of H-pyrrole nitrogens is 1. The van der Waals surface area contributed by atoms with Crippen molar-refractivity contribution in [3.8, 4) is 0 Å². The zero-order valence-electron chi connectivity index (χ0n) is 11.4. The lowest BCUT2D eigenvalue weighted by Crippen LogP contribution is -2.15. The van der Waals surface area contributed by atoms with Crippen molar-refractivity contribution in [1.29, 1.82) is 0 Å². The summed E-state index contributed by atoms with van der Waals surface area (Å²) < 4.78 is 13.2. The lowest BCUT2D eigenvalue weighted by Gasteiger charge is -2.14. The van der Waals surface area contributed by atoms with E-state index in [1.54, 1.807) is 6.08 Å². The molecule has 0 saturated heterocycles. The number of nitrogens with zero attached hydrogens (tertiary/aromatic N) is 3. The van der Waals surface area contributed by atoms with Gasteiger partial charge in [0.05, 0.1) is 11.1 Å². The van der Waals surface area contributed by atoms with Crippen molar-refractivity contribution in [1.82, 2.24) is 20.2 Å². The Morgan fingerprint density at radius 2 is 2.24 bits per heavy atom. The minimum absolute atomic E-state index is 0.0700. The Morgan fingerprint density at radius 3 is 3.14 bits per heavy atom. The summed E-state index contributed by atoms with van der Waals surface area (Å²) in [6, 6.07) is 0. The van der Waals surface area contributed by atoms with E-state index in [-0.39, 0.29) is 5.83 Å². The predicted octanol–water partition coefficient (Wildman–Crippen LogP) is 2.31. The van der Waals surface area contributed by atoms with Crippen LogP contribution < -0.4 is 10.6 Å². The molecular weight excluding hydrogens is 271 g/mol. The molecule has 0 amide bonds. The molecular formula is C14H15FN6. The smallest absolute Gasteiger partial charge is 0.227 e. The van der Waals surface area contributed by atoms with E-state index in [2.05, 4.69) is 30.8 Å². The molecule has 3 heterocycles. The Bertz CT molecular complexity index is 760. The molecule has 0 atom stereocenters. The fraction of sp³-hybridized carbons (Fsp3) is 0.357. The molecule has 6 nitrogen and oxygen atoms in total. The quantitative estimate of drug-likeness (QED) is 0.807. The van der Waals surface area contributed by atoms with Gasteiger partial charge in [-0.3, -0.25) is 5.10 Å². The lowest BCUT2D eigenvalue weighted by molar-refractivity contribution is 0.584. The van der Waals surface area contributed by atoms with E-state index in [1.165, 1.54) is 0 Å². The maximum absolute atomic E-state index is 13.2. The summed E-state index contributed by atoms with van der Waals surface area (Å²) in [5.41, 5.74) is 2.65. The molecule has 0 aromatic carbocycles. The van der Waals surface area contributed by atoms with E-state index in [0.29, 0.717) is 24.6 Å². The summed E-state index contributed by atoms with van der Waals surface area (Å²) in [5, 5.41) is 14.6. The van der Waals surface area contributed by atoms with Gasteiger partial charge in [-0.05, 0) is 18.1 Å². The van der Waals surface area contributed by atoms with E-state index >= 15 is 0 Å². The molecule has 7 heteroatoms. The molecule has 0 spiro atoms. The summed E-state index contributed by atoms with van der Waals surface area (Å²) in [5.74, 6) is 1.24. The van der Waals surface area contributed by atoms with E-state index in [1.807, 2.05) is 6.08 Å². The normalized spacial score (nSPS) is 17.2. The first kappa shape index (κ1) is 12.3. The molecule has 108 valence electrons. The highest BCUT2D eigenvalue weighted by atomic mass is 19.1. The average molecular weight is 286 g/mol. The Kier molecular flexibility index (Phi) is 2.83. The van der Waals surface area contributed by atoms with Gasteiger partial charge in [0, 0.05) is 25.9 Å². The third kappa shape index (κ3) is 2.24. The summed E-state index contributed by atoms with van der Waals surface area (Å²) in [4.78, 5) is 8.87. The fourth-order valence-electron chi connectivity index (χ4n) is 2.71. The van der Waals surface area contributed by atoms with Crippen molar-refractivity contribution >= 4 is 22.8 Å². The second-order valence-corrected chi connectivity index (χ2v) is 5.24. The fourth-order valence-corrected chi connectivity index (χ4v) is 2.71. The molecule has 0 fully saturated rings. The number of hydrogen-bond donors (Lipinski definition) is 3.